The molecule has 1 atom stereocenters. The van der Waals surface area contributed by atoms with Gasteiger partial charge in [0.05, 0.1) is 5.70 Å². The quantitative estimate of drug-likeness (QED) is 0.606. The second-order valence-electron chi connectivity index (χ2n) is 3.70. The van der Waals surface area contributed by atoms with Crippen molar-refractivity contribution in [2.45, 2.75) is 40.7 Å². The Kier molecular flexibility index (Phi) is 2.58. The summed E-state index contributed by atoms with van der Waals surface area (Å²) in [6.45, 7) is 10.5. The molecule has 1 aliphatic rings. The molecule has 0 aromatic carbocycles. The van der Waals surface area contributed by atoms with Crippen LogP contribution in [0.1, 0.15) is 34.6 Å². The number of hydrogen-bond acceptors (Lipinski definition) is 2. The topological polar surface area (TPSA) is 21.3 Å². The first kappa shape index (κ1) is 9.33. The molecule has 0 amide bonds. The van der Waals surface area contributed by atoms with E-state index < -0.39 is 0 Å². The van der Waals surface area contributed by atoms with Crippen LogP contribution < -0.4 is 5.48 Å². The zero-order valence-electron chi connectivity index (χ0n) is 8.49. The van der Waals surface area contributed by atoms with Gasteiger partial charge in [0.2, 0.25) is 0 Å². The molecule has 1 heterocycles. The summed E-state index contributed by atoms with van der Waals surface area (Å²) in [7, 11) is 0. The van der Waals surface area contributed by atoms with Gasteiger partial charge in [0.1, 0.15) is 6.10 Å². The van der Waals surface area contributed by atoms with Crippen molar-refractivity contribution in [2.24, 2.45) is 0 Å². The average Bonchev–Trinajstić information content (AvgIpc) is 1.82. The van der Waals surface area contributed by atoms with Gasteiger partial charge in [0.15, 0.2) is 0 Å². The van der Waals surface area contributed by atoms with Crippen LogP contribution in [0.15, 0.2) is 22.4 Å². The van der Waals surface area contributed by atoms with Crippen molar-refractivity contribution >= 4 is 0 Å². The fourth-order valence-electron chi connectivity index (χ4n) is 1.11. The fourth-order valence-corrected chi connectivity index (χ4v) is 1.11. The summed E-state index contributed by atoms with van der Waals surface area (Å²) < 4.78 is 0. The van der Waals surface area contributed by atoms with Gasteiger partial charge in [-0.15, -0.1) is 0 Å². The summed E-state index contributed by atoms with van der Waals surface area (Å²) >= 11 is 0. The third-order valence-corrected chi connectivity index (χ3v) is 2.27. The first-order valence-electron chi connectivity index (χ1n) is 4.27. The Bertz CT molecular complexity index is 225. The van der Waals surface area contributed by atoms with Crippen LogP contribution >= 0.6 is 0 Å². The largest absolute Gasteiger partial charge is 0.267 e. The molecular weight excluding hydrogens is 150 g/mol. The van der Waals surface area contributed by atoms with Gasteiger partial charge in [0.25, 0.3) is 0 Å². The van der Waals surface area contributed by atoms with E-state index >= 15 is 0 Å². The smallest absolute Gasteiger partial charge is 0.148 e. The summed E-state index contributed by atoms with van der Waals surface area (Å²) in [5.41, 5.74) is 8.03. The summed E-state index contributed by atoms with van der Waals surface area (Å²) in [6.07, 6.45) is 0.181. The molecule has 0 radical (unpaired) electrons. The van der Waals surface area contributed by atoms with Crippen molar-refractivity contribution in [3.63, 3.8) is 0 Å². The number of hydrogen-bond donors (Lipinski definition) is 1. The molecule has 2 heteroatoms. The minimum Gasteiger partial charge on any atom is -0.267 e. The predicted octanol–water partition coefficient (Wildman–Crippen LogP) is 2.54. The van der Waals surface area contributed by atoms with E-state index in [2.05, 4.69) is 40.1 Å². The number of hydroxylamine groups is 1. The molecule has 1 N–H and O–H groups in total. The Morgan fingerprint density at radius 3 is 2.00 bits per heavy atom. The van der Waals surface area contributed by atoms with Gasteiger partial charge < -0.3 is 0 Å². The molecule has 0 aliphatic carbocycles. The van der Waals surface area contributed by atoms with Crippen LogP contribution in [0.2, 0.25) is 0 Å². The zero-order chi connectivity index (χ0) is 9.30. The van der Waals surface area contributed by atoms with Gasteiger partial charge in [-0.2, -0.15) is 0 Å². The molecule has 68 valence electrons. The van der Waals surface area contributed by atoms with Crippen LogP contribution in [0.4, 0.5) is 0 Å². The minimum absolute atomic E-state index is 0.181. The van der Waals surface area contributed by atoms with Crippen LogP contribution in [0.25, 0.3) is 0 Å². The van der Waals surface area contributed by atoms with E-state index in [4.69, 9.17) is 4.84 Å². The van der Waals surface area contributed by atoms with Crippen LogP contribution in [-0.2, 0) is 4.84 Å². The molecule has 2 nitrogen and oxygen atoms in total. The van der Waals surface area contributed by atoms with Gasteiger partial charge in [-0.25, -0.2) is 0 Å². The summed E-state index contributed by atoms with van der Waals surface area (Å²) in [6, 6.07) is 0. The van der Waals surface area contributed by atoms with E-state index in [9.17, 15) is 0 Å². The van der Waals surface area contributed by atoms with Gasteiger partial charge in [-0.3, -0.25) is 10.3 Å². The van der Waals surface area contributed by atoms with E-state index in [1.165, 1.54) is 22.4 Å². The van der Waals surface area contributed by atoms with Gasteiger partial charge in [0, 0.05) is 0 Å². The summed E-state index contributed by atoms with van der Waals surface area (Å²) in [5.74, 6) is 0. The maximum absolute atomic E-state index is 5.26. The normalized spacial score (nSPS) is 21.1. The standard InChI is InChI=1S/C10H17NO/c1-6(2)8(5)10-9(7(3)4)11-12-10/h10-11H,1-5H3. The minimum atomic E-state index is 0.181. The lowest BCUT2D eigenvalue weighted by molar-refractivity contribution is -0.0576. The zero-order valence-corrected chi connectivity index (χ0v) is 8.49. The van der Waals surface area contributed by atoms with Gasteiger partial charge in [-0.05, 0) is 40.2 Å². The highest BCUT2D eigenvalue weighted by molar-refractivity contribution is 5.29. The maximum atomic E-state index is 5.26. The Labute approximate surface area is 74.3 Å². The molecular formula is C10H17NO. The molecule has 1 saturated heterocycles. The van der Waals surface area contributed by atoms with Gasteiger partial charge >= 0.3 is 0 Å². The molecule has 0 bridgehead atoms. The van der Waals surface area contributed by atoms with Crippen molar-refractivity contribution < 1.29 is 4.84 Å². The molecule has 12 heavy (non-hydrogen) atoms. The monoisotopic (exact) mass is 167 g/mol. The number of nitrogens with one attached hydrogen (secondary N) is 1. The second kappa shape index (κ2) is 3.31. The van der Waals surface area contributed by atoms with Crippen molar-refractivity contribution in [1.29, 1.82) is 0 Å². The van der Waals surface area contributed by atoms with Crippen molar-refractivity contribution in [3.8, 4) is 0 Å². The van der Waals surface area contributed by atoms with E-state index in [0.717, 1.165) is 0 Å². The number of rotatable bonds is 1. The molecule has 1 unspecified atom stereocenters. The lowest BCUT2D eigenvalue weighted by Crippen LogP contribution is -2.43. The van der Waals surface area contributed by atoms with Crippen LogP contribution in [0.3, 0.4) is 0 Å². The molecule has 0 saturated carbocycles. The van der Waals surface area contributed by atoms with E-state index in [0.29, 0.717) is 0 Å². The Morgan fingerprint density at radius 2 is 1.75 bits per heavy atom. The highest BCUT2D eigenvalue weighted by atomic mass is 16.7. The SMILES string of the molecule is CC(C)=C(C)C1ONC1=C(C)C. The molecule has 1 fully saturated rings. The van der Waals surface area contributed by atoms with E-state index in [-0.39, 0.29) is 6.10 Å². The summed E-state index contributed by atoms with van der Waals surface area (Å²) in [4.78, 5) is 5.26. The van der Waals surface area contributed by atoms with E-state index in [1.807, 2.05) is 0 Å². The fraction of sp³-hybridized carbons (Fsp3) is 0.600. The van der Waals surface area contributed by atoms with Crippen molar-refractivity contribution in [3.05, 3.63) is 22.4 Å². The Hall–Kier alpha value is -0.760. The van der Waals surface area contributed by atoms with Crippen molar-refractivity contribution in [2.75, 3.05) is 0 Å². The lowest BCUT2D eigenvalue weighted by Gasteiger charge is -2.34. The molecule has 1 aliphatic heterocycles. The third kappa shape index (κ3) is 1.53. The van der Waals surface area contributed by atoms with Crippen LogP contribution in [0, 0.1) is 0 Å². The lowest BCUT2D eigenvalue weighted by atomic mass is 10.00. The average molecular weight is 167 g/mol. The van der Waals surface area contributed by atoms with Crippen molar-refractivity contribution in [1.82, 2.24) is 5.48 Å². The molecule has 0 aromatic rings. The van der Waals surface area contributed by atoms with Gasteiger partial charge in [-0.1, -0.05) is 11.1 Å². The first-order valence-corrected chi connectivity index (χ1v) is 4.27. The van der Waals surface area contributed by atoms with Crippen LogP contribution in [-0.4, -0.2) is 6.10 Å². The maximum Gasteiger partial charge on any atom is 0.148 e. The van der Waals surface area contributed by atoms with E-state index in [1.54, 1.807) is 0 Å². The highest BCUT2D eigenvalue weighted by Gasteiger charge is 2.28. The molecule has 0 aromatic heterocycles. The highest BCUT2D eigenvalue weighted by Crippen LogP contribution is 2.25. The molecule has 1 rings (SSSR count). The summed E-state index contributed by atoms with van der Waals surface area (Å²) in [5, 5.41) is 0. The Morgan fingerprint density at radius 1 is 1.17 bits per heavy atom. The number of allylic oxidation sites excluding steroid dienone is 2. The third-order valence-electron chi connectivity index (χ3n) is 2.27. The molecule has 0 spiro atoms. The predicted molar refractivity (Wildman–Crippen MR) is 50.4 cm³/mol. The first-order chi connectivity index (χ1) is 5.54. The Balaban J connectivity index is 2.82. The second-order valence-corrected chi connectivity index (χ2v) is 3.70. The van der Waals surface area contributed by atoms with Crippen LogP contribution in [0.5, 0.6) is 0 Å².